The molecule has 0 saturated heterocycles. The highest BCUT2D eigenvalue weighted by Crippen LogP contribution is 2.09. The molecule has 19 heavy (non-hydrogen) atoms. The van der Waals surface area contributed by atoms with Crippen LogP contribution in [0.4, 0.5) is 0 Å². The third-order valence-electron chi connectivity index (χ3n) is 2.71. The average molecular weight is 260 g/mol. The molecular formula is C13H16N4O2. The Kier molecular flexibility index (Phi) is 4.49. The lowest BCUT2D eigenvalue weighted by Gasteiger charge is -2.05. The zero-order valence-corrected chi connectivity index (χ0v) is 10.5. The Hall–Kier alpha value is -2.37. The number of carbonyl (C=O) groups is 1. The second-order valence-electron chi connectivity index (χ2n) is 4.18. The maximum atomic E-state index is 11.6. The molecule has 0 radical (unpaired) electrons. The maximum absolute atomic E-state index is 11.6. The Morgan fingerprint density at radius 3 is 2.79 bits per heavy atom. The van der Waals surface area contributed by atoms with Gasteiger partial charge < -0.3 is 10.4 Å². The van der Waals surface area contributed by atoms with Crippen molar-refractivity contribution in [1.82, 2.24) is 20.3 Å². The summed E-state index contributed by atoms with van der Waals surface area (Å²) in [5.41, 5.74) is 1.08. The van der Waals surface area contributed by atoms with E-state index in [0.717, 1.165) is 12.0 Å². The first-order chi connectivity index (χ1) is 9.24. The number of rotatable bonds is 6. The van der Waals surface area contributed by atoms with Crippen molar-refractivity contribution < 1.29 is 9.90 Å². The molecule has 100 valence electrons. The first-order valence-corrected chi connectivity index (χ1v) is 6.13. The molecule has 0 unspecified atom stereocenters. The highest BCUT2D eigenvalue weighted by atomic mass is 16.3. The van der Waals surface area contributed by atoms with Crippen LogP contribution in [0.3, 0.4) is 0 Å². The predicted octanol–water partition coefficient (Wildman–Crippen LogP) is 0.733. The van der Waals surface area contributed by atoms with Gasteiger partial charge in [-0.25, -0.2) is 0 Å². The Bertz CT molecular complexity index is 508. The Balaban J connectivity index is 1.65. The molecule has 0 fully saturated rings. The fourth-order valence-corrected chi connectivity index (χ4v) is 1.67. The van der Waals surface area contributed by atoms with Gasteiger partial charge >= 0.3 is 0 Å². The van der Waals surface area contributed by atoms with E-state index in [1.54, 1.807) is 29.2 Å². The normalized spacial score (nSPS) is 10.3. The summed E-state index contributed by atoms with van der Waals surface area (Å²) < 4.78 is 1.62. The number of nitrogens with one attached hydrogen (secondary N) is 1. The fraction of sp³-hybridized carbons (Fsp3) is 0.308. The number of benzene rings is 1. The Morgan fingerprint density at radius 1 is 1.32 bits per heavy atom. The van der Waals surface area contributed by atoms with E-state index >= 15 is 0 Å². The summed E-state index contributed by atoms with van der Waals surface area (Å²) in [6, 6.07) is 6.97. The molecule has 1 heterocycles. The smallest absolute Gasteiger partial charge is 0.221 e. The number of phenols is 1. The molecule has 2 rings (SSSR count). The van der Waals surface area contributed by atoms with Gasteiger partial charge in [0, 0.05) is 19.2 Å². The van der Waals surface area contributed by atoms with E-state index in [4.69, 9.17) is 5.11 Å². The van der Waals surface area contributed by atoms with Crippen molar-refractivity contribution >= 4 is 5.91 Å². The van der Waals surface area contributed by atoms with Gasteiger partial charge in [0.1, 0.15) is 5.75 Å². The van der Waals surface area contributed by atoms with Crippen LogP contribution in [-0.4, -0.2) is 32.6 Å². The summed E-state index contributed by atoms with van der Waals surface area (Å²) in [6.07, 6.45) is 4.45. The number of nitrogens with zero attached hydrogens (tertiary/aromatic N) is 3. The van der Waals surface area contributed by atoms with Gasteiger partial charge in [0.05, 0.1) is 12.7 Å². The number of carbonyl (C=O) groups excluding carboxylic acids is 1. The minimum absolute atomic E-state index is 0.00530. The van der Waals surface area contributed by atoms with Gasteiger partial charge in [0.2, 0.25) is 5.91 Å². The molecule has 0 saturated carbocycles. The highest BCUT2D eigenvalue weighted by molar-refractivity contribution is 5.75. The van der Waals surface area contributed by atoms with Crippen LogP contribution in [0.25, 0.3) is 0 Å². The molecule has 0 bridgehead atoms. The van der Waals surface area contributed by atoms with Crippen LogP contribution < -0.4 is 5.32 Å². The summed E-state index contributed by atoms with van der Waals surface area (Å²) in [5.74, 6) is 0.245. The first-order valence-electron chi connectivity index (χ1n) is 6.13. The molecule has 0 aliphatic carbocycles. The Labute approximate surface area is 111 Å². The zero-order chi connectivity index (χ0) is 13.5. The van der Waals surface area contributed by atoms with Gasteiger partial charge in [-0.05, 0) is 24.1 Å². The highest BCUT2D eigenvalue weighted by Gasteiger charge is 2.02. The molecule has 1 aromatic carbocycles. The number of hydrogen-bond acceptors (Lipinski definition) is 4. The molecular weight excluding hydrogens is 244 g/mol. The third-order valence-corrected chi connectivity index (χ3v) is 2.71. The number of aromatic hydroxyl groups is 1. The van der Waals surface area contributed by atoms with Gasteiger partial charge in [-0.15, -0.1) is 5.10 Å². The van der Waals surface area contributed by atoms with Crippen molar-refractivity contribution in [2.75, 3.05) is 6.54 Å². The van der Waals surface area contributed by atoms with E-state index in [0.29, 0.717) is 19.5 Å². The lowest BCUT2D eigenvalue weighted by molar-refractivity contribution is -0.121. The molecule has 1 aromatic heterocycles. The molecule has 0 atom stereocenters. The summed E-state index contributed by atoms with van der Waals surface area (Å²) in [4.78, 5) is 11.6. The van der Waals surface area contributed by atoms with Crippen molar-refractivity contribution in [1.29, 1.82) is 0 Å². The lowest BCUT2D eigenvalue weighted by atomic mass is 10.1. The van der Waals surface area contributed by atoms with Crippen LogP contribution >= 0.6 is 0 Å². The number of hydrogen-bond donors (Lipinski definition) is 2. The SMILES string of the molecule is O=C(CCn1ccnn1)NCCc1ccc(O)cc1. The maximum Gasteiger partial charge on any atom is 0.221 e. The van der Waals surface area contributed by atoms with Crippen molar-refractivity contribution in [3.63, 3.8) is 0 Å². The van der Waals surface area contributed by atoms with Crippen LogP contribution in [0.1, 0.15) is 12.0 Å². The monoisotopic (exact) mass is 260 g/mol. The summed E-state index contributed by atoms with van der Waals surface area (Å²) in [5, 5.41) is 19.5. The quantitative estimate of drug-likeness (QED) is 0.802. The lowest BCUT2D eigenvalue weighted by Crippen LogP contribution is -2.26. The number of aromatic nitrogens is 3. The van der Waals surface area contributed by atoms with Crippen LogP contribution in [0.2, 0.25) is 0 Å². The fourth-order valence-electron chi connectivity index (χ4n) is 1.67. The molecule has 2 aromatic rings. The van der Waals surface area contributed by atoms with Crippen molar-refractivity contribution in [3.8, 4) is 5.75 Å². The molecule has 6 nitrogen and oxygen atoms in total. The molecule has 0 aliphatic heterocycles. The van der Waals surface area contributed by atoms with Crippen LogP contribution in [0.15, 0.2) is 36.7 Å². The second kappa shape index (κ2) is 6.53. The van der Waals surface area contributed by atoms with E-state index in [-0.39, 0.29) is 11.7 Å². The van der Waals surface area contributed by atoms with E-state index in [2.05, 4.69) is 15.6 Å². The third kappa shape index (κ3) is 4.42. The molecule has 1 amide bonds. The zero-order valence-electron chi connectivity index (χ0n) is 10.5. The summed E-state index contributed by atoms with van der Waals surface area (Å²) in [6.45, 7) is 1.12. The van der Waals surface area contributed by atoms with Gasteiger partial charge in [0.15, 0.2) is 0 Å². The van der Waals surface area contributed by atoms with Gasteiger partial charge in [0.25, 0.3) is 0 Å². The van der Waals surface area contributed by atoms with Crippen molar-refractivity contribution in [3.05, 3.63) is 42.2 Å². The number of amides is 1. The summed E-state index contributed by atoms with van der Waals surface area (Å²) in [7, 11) is 0. The molecule has 6 heteroatoms. The largest absolute Gasteiger partial charge is 0.508 e. The van der Waals surface area contributed by atoms with Crippen molar-refractivity contribution in [2.24, 2.45) is 0 Å². The predicted molar refractivity (Wildman–Crippen MR) is 69.5 cm³/mol. The second-order valence-corrected chi connectivity index (χ2v) is 4.18. The summed E-state index contributed by atoms with van der Waals surface area (Å²) >= 11 is 0. The minimum atomic E-state index is -0.00530. The van der Waals surface area contributed by atoms with Crippen molar-refractivity contribution in [2.45, 2.75) is 19.4 Å². The van der Waals surface area contributed by atoms with Gasteiger partial charge in [-0.2, -0.15) is 0 Å². The van der Waals surface area contributed by atoms with Gasteiger partial charge in [-0.1, -0.05) is 17.3 Å². The number of aryl methyl sites for hydroxylation is 1. The standard InChI is InChI=1S/C13H16N4O2/c18-12-3-1-11(2-4-12)5-7-14-13(19)6-9-17-10-8-15-16-17/h1-4,8,10,18H,5-7,9H2,(H,14,19). The topological polar surface area (TPSA) is 80.0 Å². The molecule has 0 aliphatic rings. The van der Waals surface area contributed by atoms with E-state index in [1.807, 2.05) is 12.1 Å². The minimum Gasteiger partial charge on any atom is -0.508 e. The van der Waals surface area contributed by atoms with E-state index in [1.165, 1.54) is 0 Å². The van der Waals surface area contributed by atoms with Crippen LogP contribution in [0.5, 0.6) is 5.75 Å². The average Bonchev–Trinajstić information content (AvgIpc) is 2.92. The van der Waals surface area contributed by atoms with Gasteiger partial charge in [-0.3, -0.25) is 9.48 Å². The number of phenolic OH excluding ortho intramolecular Hbond substituents is 1. The molecule has 2 N–H and O–H groups in total. The first kappa shape index (κ1) is 13.1. The molecule has 0 spiro atoms. The van der Waals surface area contributed by atoms with Crippen LogP contribution in [-0.2, 0) is 17.8 Å². The Morgan fingerprint density at radius 2 is 2.11 bits per heavy atom. The van der Waals surface area contributed by atoms with Crippen LogP contribution in [0, 0.1) is 0 Å². The van der Waals surface area contributed by atoms with E-state index < -0.39 is 0 Å². The van der Waals surface area contributed by atoms with E-state index in [9.17, 15) is 4.79 Å².